The highest BCUT2D eigenvalue weighted by Crippen LogP contribution is 2.40. The van der Waals surface area contributed by atoms with Gasteiger partial charge < -0.3 is 10.8 Å². The van der Waals surface area contributed by atoms with Crippen molar-refractivity contribution >= 4 is 33.4 Å². The van der Waals surface area contributed by atoms with E-state index in [1.54, 1.807) is 10.7 Å². The molecule has 1 aliphatic rings. The highest BCUT2D eigenvalue weighted by atomic mass is 79.9. The number of carbonyl (C=O) groups is 1. The minimum Gasteiger partial charge on any atom is -0.481 e. The van der Waals surface area contributed by atoms with Crippen LogP contribution in [-0.2, 0) is 4.79 Å². The molecule has 4 aromatic rings. The van der Waals surface area contributed by atoms with E-state index in [-0.39, 0.29) is 11.8 Å². The minimum atomic E-state index is -0.714. The molecule has 0 saturated heterocycles. The number of fused-ring (bicyclic) bond motifs is 1. The average Bonchev–Trinajstić information content (AvgIpc) is 3.26. The van der Waals surface area contributed by atoms with Crippen LogP contribution in [-0.4, -0.2) is 30.7 Å². The number of carboxylic acids is 1. The van der Waals surface area contributed by atoms with E-state index in [1.165, 1.54) is 0 Å². The fourth-order valence-corrected chi connectivity index (χ4v) is 5.01. The Balaban J connectivity index is 1.51. The third kappa shape index (κ3) is 3.64. The molecule has 3 heterocycles. The Kier molecular flexibility index (Phi) is 5.38. The Bertz CT molecular complexity index is 1280. The fraction of sp³-hybridized carbons (Fsp3) is 0.250. The van der Waals surface area contributed by atoms with Crippen LogP contribution < -0.4 is 5.73 Å². The van der Waals surface area contributed by atoms with Gasteiger partial charge in [-0.1, -0.05) is 36.4 Å². The maximum atomic E-state index is 11.3. The second-order valence-corrected chi connectivity index (χ2v) is 8.97. The minimum absolute atomic E-state index is 0.156. The predicted molar refractivity (Wildman–Crippen MR) is 126 cm³/mol. The molecule has 1 saturated carbocycles. The molecule has 5 rings (SSSR count). The van der Waals surface area contributed by atoms with Gasteiger partial charge in [0, 0.05) is 17.7 Å². The molecule has 3 N–H and O–H groups in total. The van der Waals surface area contributed by atoms with E-state index in [2.05, 4.69) is 38.1 Å². The van der Waals surface area contributed by atoms with E-state index in [0.29, 0.717) is 24.3 Å². The van der Waals surface area contributed by atoms with Crippen molar-refractivity contribution in [2.24, 2.45) is 5.92 Å². The Morgan fingerprint density at radius 2 is 1.78 bits per heavy atom. The lowest BCUT2D eigenvalue weighted by Gasteiger charge is -2.26. The van der Waals surface area contributed by atoms with Crippen LogP contribution >= 0.6 is 15.9 Å². The number of nitrogens with zero attached hydrogens (tertiary/aromatic N) is 4. The highest BCUT2D eigenvalue weighted by Gasteiger charge is 2.30. The van der Waals surface area contributed by atoms with Gasteiger partial charge in [0.05, 0.1) is 33.5 Å². The Labute approximate surface area is 193 Å². The van der Waals surface area contributed by atoms with Gasteiger partial charge in [-0.05, 0) is 53.2 Å². The van der Waals surface area contributed by atoms with Gasteiger partial charge in [0.15, 0.2) is 5.65 Å². The molecule has 8 heteroatoms. The standard InChI is InChI=1S/C24H22BrN5O2/c25-20-21(15-6-8-16(9-7-15)24(31)32)29-23-18(13-28-30(23)22(20)26)19-11-10-17(12-27-19)14-4-2-1-3-5-14/h1-5,10-13,15-16H,6-9,26H2,(H,31,32). The maximum Gasteiger partial charge on any atom is 0.306 e. The number of nitrogens with two attached hydrogens (primary N) is 1. The number of carboxylic acid groups (broad SMARTS) is 1. The molecule has 1 aliphatic carbocycles. The van der Waals surface area contributed by atoms with E-state index in [0.717, 1.165) is 45.4 Å². The van der Waals surface area contributed by atoms with Crippen molar-refractivity contribution in [1.29, 1.82) is 0 Å². The zero-order valence-corrected chi connectivity index (χ0v) is 18.9. The topological polar surface area (TPSA) is 106 Å². The Morgan fingerprint density at radius 1 is 1.03 bits per heavy atom. The van der Waals surface area contributed by atoms with E-state index < -0.39 is 5.97 Å². The number of aliphatic carboxylic acids is 1. The monoisotopic (exact) mass is 491 g/mol. The third-order valence-electron chi connectivity index (χ3n) is 6.26. The van der Waals surface area contributed by atoms with Crippen LogP contribution in [0, 0.1) is 5.92 Å². The number of anilines is 1. The molecular formula is C24H22BrN5O2. The van der Waals surface area contributed by atoms with Gasteiger partial charge in [0.1, 0.15) is 5.82 Å². The number of rotatable bonds is 4. The van der Waals surface area contributed by atoms with Gasteiger partial charge in [0.25, 0.3) is 0 Å². The zero-order valence-electron chi connectivity index (χ0n) is 17.3. The first-order valence-electron chi connectivity index (χ1n) is 10.6. The summed E-state index contributed by atoms with van der Waals surface area (Å²) in [4.78, 5) is 20.9. The van der Waals surface area contributed by atoms with Crippen LogP contribution in [0.5, 0.6) is 0 Å². The first-order valence-corrected chi connectivity index (χ1v) is 11.4. The number of aromatic nitrogens is 4. The Hall–Kier alpha value is -3.26. The van der Waals surface area contributed by atoms with Crippen LogP contribution in [0.25, 0.3) is 28.0 Å². The quantitative estimate of drug-likeness (QED) is 0.408. The number of hydrogen-bond acceptors (Lipinski definition) is 5. The normalized spacial score (nSPS) is 18.7. The number of halogens is 1. The lowest BCUT2D eigenvalue weighted by molar-refractivity contribution is -0.142. The van der Waals surface area contributed by atoms with E-state index in [9.17, 15) is 9.90 Å². The van der Waals surface area contributed by atoms with Crippen molar-refractivity contribution in [3.8, 4) is 22.4 Å². The van der Waals surface area contributed by atoms with Crippen LogP contribution in [0.4, 0.5) is 5.82 Å². The highest BCUT2D eigenvalue weighted by molar-refractivity contribution is 9.10. The van der Waals surface area contributed by atoms with Gasteiger partial charge in [-0.15, -0.1) is 0 Å². The van der Waals surface area contributed by atoms with Crippen molar-refractivity contribution in [2.45, 2.75) is 31.6 Å². The fourth-order valence-electron chi connectivity index (χ4n) is 4.43. The van der Waals surface area contributed by atoms with Crippen LogP contribution in [0.1, 0.15) is 37.3 Å². The summed E-state index contributed by atoms with van der Waals surface area (Å²) in [6.45, 7) is 0. The second-order valence-electron chi connectivity index (χ2n) is 8.17. The summed E-state index contributed by atoms with van der Waals surface area (Å²) in [5.74, 6) is -0.349. The summed E-state index contributed by atoms with van der Waals surface area (Å²) in [7, 11) is 0. The molecule has 0 amide bonds. The van der Waals surface area contributed by atoms with Gasteiger partial charge in [-0.25, -0.2) is 4.98 Å². The van der Waals surface area contributed by atoms with Crippen LogP contribution in [0.2, 0.25) is 0 Å². The van der Waals surface area contributed by atoms with Gasteiger partial charge in [-0.2, -0.15) is 9.61 Å². The van der Waals surface area contributed by atoms with Gasteiger partial charge in [-0.3, -0.25) is 9.78 Å². The van der Waals surface area contributed by atoms with E-state index in [1.807, 2.05) is 36.5 Å². The van der Waals surface area contributed by atoms with Gasteiger partial charge in [0.2, 0.25) is 0 Å². The first kappa shape index (κ1) is 20.6. The van der Waals surface area contributed by atoms with Crippen molar-refractivity contribution in [1.82, 2.24) is 19.6 Å². The molecule has 1 aromatic carbocycles. The van der Waals surface area contributed by atoms with Crippen molar-refractivity contribution in [3.63, 3.8) is 0 Å². The molecule has 162 valence electrons. The summed E-state index contributed by atoms with van der Waals surface area (Å²) in [5, 5.41) is 13.7. The van der Waals surface area contributed by atoms with Crippen molar-refractivity contribution in [2.75, 3.05) is 5.73 Å². The summed E-state index contributed by atoms with van der Waals surface area (Å²) in [5.41, 5.74) is 11.6. The molecule has 7 nitrogen and oxygen atoms in total. The molecular weight excluding hydrogens is 470 g/mol. The molecule has 0 bridgehead atoms. The van der Waals surface area contributed by atoms with Crippen LogP contribution in [0.15, 0.2) is 59.3 Å². The molecule has 0 spiro atoms. The molecule has 0 radical (unpaired) electrons. The number of pyridine rings is 1. The number of nitrogen functional groups attached to an aromatic ring is 1. The Morgan fingerprint density at radius 3 is 2.44 bits per heavy atom. The SMILES string of the molecule is Nc1c(Br)c(C2CCC(C(=O)O)CC2)nc2c(-c3ccc(-c4ccccc4)cn3)cnn12. The maximum absolute atomic E-state index is 11.3. The number of hydrogen-bond donors (Lipinski definition) is 2. The third-order valence-corrected chi connectivity index (χ3v) is 7.07. The molecule has 0 unspecified atom stereocenters. The summed E-state index contributed by atoms with van der Waals surface area (Å²) in [6.07, 6.45) is 6.42. The predicted octanol–water partition coefficient (Wildman–Crippen LogP) is 5.16. The van der Waals surface area contributed by atoms with Crippen molar-refractivity contribution in [3.05, 3.63) is 65.0 Å². The molecule has 3 aromatic heterocycles. The lowest BCUT2D eigenvalue weighted by Crippen LogP contribution is -2.21. The number of benzene rings is 1. The largest absolute Gasteiger partial charge is 0.481 e. The summed E-state index contributed by atoms with van der Waals surface area (Å²) in [6, 6.07) is 14.1. The summed E-state index contributed by atoms with van der Waals surface area (Å²) < 4.78 is 2.35. The average molecular weight is 492 g/mol. The smallest absolute Gasteiger partial charge is 0.306 e. The molecule has 0 atom stereocenters. The molecule has 1 fully saturated rings. The van der Waals surface area contributed by atoms with Crippen molar-refractivity contribution < 1.29 is 9.90 Å². The van der Waals surface area contributed by atoms with Gasteiger partial charge >= 0.3 is 5.97 Å². The van der Waals surface area contributed by atoms with E-state index in [4.69, 9.17) is 10.7 Å². The summed E-state index contributed by atoms with van der Waals surface area (Å²) >= 11 is 3.60. The first-order chi connectivity index (χ1) is 15.5. The lowest BCUT2D eigenvalue weighted by atomic mass is 9.80. The molecule has 32 heavy (non-hydrogen) atoms. The zero-order chi connectivity index (χ0) is 22.2. The molecule has 0 aliphatic heterocycles. The second kappa shape index (κ2) is 8.35. The van der Waals surface area contributed by atoms with Crippen LogP contribution in [0.3, 0.4) is 0 Å². The van der Waals surface area contributed by atoms with E-state index >= 15 is 0 Å².